The number of hydrogen-bond acceptors (Lipinski definition) is 20. The first kappa shape index (κ1) is 102. The fourth-order valence-corrected chi connectivity index (χ4v) is 16.3. The zero-order chi connectivity index (χ0) is 88.3. The molecule has 9 aromatic carbocycles. The number of hydrogen-bond donors (Lipinski definition) is 8. The van der Waals surface area contributed by atoms with Crippen molar-refractivity contribution in [1.29, 1.82) is 4.78 Å². The maximum atomic E-state index is 12.8. The maximum Gasteiger partial charge on any atom is 0.333 e. The number of nitrogens with one attached hydrogen (secondary N) is 1. The maximum absolute atomic E-state index is 12.8. The summed E-state index contributed by atoms with van der Waals surface area (Å²) in [6.07, 6.45) is 0.368. The van der Waals surface area contributed by atoms with Gasteiger partial charge in [-0.1, -0.05) is 280 Å². The third-order valence-electron chi connectivity index (χ3n) is 17.2. The summed E-state index contributed by atoms with van der Waals surface area (Å²) in [6, 6.07) is 86.0. The molecule has 0 aliphatic heterocycles. The molecule has 0 fully saturated rings. The lowest BCUT2D eigenvalue weighted by molar-refractivity contribution is -0.151. The standard InChI is InChI=1S/C27H28O4S.C20H20O4.C13H17NO5S.C13H16O5S.C13H16O4S.C7H8S/c28-26(30-18-22-10-4-1-5-11-22)17-16-25(21-32-20-24-14-8-3-9-15-24)27(29)31-19-23-12-6-2-7-13-23;1-16(20(22)24-15-18-10-6-3-7-11-18)12-13-19(21)23-14-17-8-4-2-5-9-17;14-20(19,8-10-4-2-1-3-5-10)9-11(13(17)18)6-7-12(15)16;14-12(15)7-6-11(13(16)17)9-19(18)8-10-4-2-1-3-5-10;14-12(15)7-6-11(13(16)17)9-18-8-10-4-2-1-3-5-10;8-6-7-4-2-1-3-5-7/h1-15,25H,16-21H2;2-11H,1,12-15H2;1-5,11,14H,6-9H2,(H,15,16)(H,17,18);1-5,11H,6-9H2,(H,14,15)(H,16,17);1-5,11H,6-9H2,(H,14,15)(H,16,17);1-5,8H,6H2. The lowest BCUT2D eigenvalue weighted by Gasteiger charge is -2.16. The molecule has 6 atom stereocenters. The van der Waals surface area contributed by atoms with Crippen LogP contribution >= 0.6 is 36.2 Å². The number of thiol groups is 1. The quantitative estimate of drug-likeness (QED) is 0.00760. The van der Waals surface area contributed by atoms with Crippen LogP contribution in [0.5, 0.6) is 0 Å². The van der Waals surface area contributed by atoms with E-state index >= 15 is 0 Å². The molecular formula is C93H105NO22S5. The van der Waals surface area contributed by atoms with Crippen LogP contribution in [0.3, 0.4) is 0 Å². The highest BCUT2D eigenvalue weighted by molar-refractivity contribution is 7.98. The van der Waals surface area contributed by atoms with Gasteiger partial charge in [0.1, 0.15) is 26.4 Å². The molecule has 0 spiro atoms. The zero-order valence-corrected chi connectivity index (χ0v) is 71.2. The van der Waals surface area contributed by atoms with Crippen LogP contribution in [0.1, 0.15) is 114 Å². The molecule has 0 aromatic heterocycles. The van der Waals surface area contributed by atoms with Gasteiger partial charge in [-0.25, -0.2) is 9.00 Å². The minimum absolute atomic E-state index is 0.00516. The number of benzene rings is 9. The fraction of sp³-hybridized carbons (Fsp3) is 0.290. The lowest BCUT2D eigenvalue weighted by Crippen LogP contribution is -2.24. The average molecular weight is 1750 g/mol. The summed E-state index contributed by atoms with van der Waals surface area (Å²) in [5.41, 5.74) is 9.18. The second kappa shape index (κ2) is 60.9. The number of carbonyl (C=O) groups excluding carboxylic acids is 4. The van der Waals surface area contributed by atoms with E-state index in [-0.39, 0.29) is 137 Å². The lowest BCUT2D eigenvalue weighted by atomic mass is 10.1. The minimum atomic E-state index is -3.10. The molecular weight excluding hydrogens is 1640 g/mol. The van der Waals surface area contributed by atoms with Gasteiger partial charge in [-0.15, -0.1) is 0 Å². The molecule has 644 valence electrons. The van der Waals surface area contributed by atoms with E-state index in [1.807, 2.05) is 218 Å². The molecule has 0 bridgehead atoms. The van der Waals surface area contributed by atoms with E-state index in [2.05, 4.69) is 43.5 Å². The van der Waals surface area contributed by atoms with Gasteiger partial charge in [0.05, 0.1) is 29.4 Å². The van der Waals surface area contributed by atoms with Crippen molar-refractivity contribution in [3.8, 4) is 0 Å². The first-order valence-corrected chi connectivity index (χ1v) is 44.9. The Morgan fingerprint density at radius 2 is 0.678 bits per heavy atom. The Morgan fingerprint density at radius 1 is 0.372 bits per heavy atom. The Morgan fingerprint density at radius 3 is 1.04 bits per heavy atom. The summed E-state index contributed by atoms with van der Waals surface area (Å²) in [5.74, 6) is -7.30. The molecule has 6 unspecified atom stereocenters. The van der Waals surface area contributed by atoms with Crippen LogP contribution in [-0.2, 0) is 143 Å². The van der Waals surface area contributed by atoms with E-state index in [4.69, 9.17) is 54.4 Å². The number of carboxylic acid groups (broad SMARTS) is 6. The molecule has 0 aliphatic rings. The summed E-state index contributed by atoms with van der Waals surface area (Å²) in [6.45, 7) is 4.57. The van der Waals surface area contributed by atoms with Gasteiger partial charge in [0.25, 0.3) is 0 Å². The average Bonchev–Trinajstić information content (AvgIpc) is 0.861. The van der Waals surface area contributed by atoms with Crippen LogP contribution < -0.4 is 0 Å². The largest absolute Gasteiger partial charge is 0.481 e. The van der Waals surface area contributed by atoms with Crippen LogP contribution in [-0.4, -0.2) is 122 Å². The summed E-state index contributed by atoms with van der Waals surface area (Å²) in [4.78, 5) is 113. The Bertz CT molecular complexity index is 4660. The predicted molar refractivity (Wildman–Crippen MR) is 473 cm³/mol. The minimum Gasteiger partial charge on any atom is -0.481 e. The summed E-state index contributed by atoms with van der Waals surface area (Å²) in [7, 11) is -4.41. The van der Waals surface area contributed by atoms with Gasteiger partial charge in [-0.3, -0.25) is 52.1 Å². The van der Waals surface area contributed by atoms with E-state index in [1.54, 1.807) is 42.1 Å². The molecule has 0 aliphatic carbocycles. The molecule has 0 saturated heterocycles. The molecule has 0 saturated carbocycles. The Kier molecular flexibility index (Phi) is 51.3. The van der Waals surface area contributed by atoms with Gasteiger partial charge in [0.2, 0.25) is 0 Å². The Labute approximate surface area is 723 Å². The van der Waals surface area contributed by atoms with Crippen molar-refractivity contribution >= 4 is 116 Å². The van der Waals surface area contributed by atoms with Gasteiger partial charge >= 0.3 is 59.7 Å². The van der Waals surface area contributed by atoms with E-state index in [0.29, 0.717) is 23.5 Å². The molecule has 0 heterocycles. The number of rotatable bonds is 45. The van der Waals surface area contributed by atoms with Crippen LogP contribution in [0.25, 0.3) is 0 Å². The number of aliphatic carboxylic acids is 6. The SMILES string of the molecule is C=C(CCC(=O)OCc1ccccc1)C(=O)OCc1ccccc1.N=S(=O)(Cc1ccccc1)CC(CCC(=O)O)C(=O)O.O=C(CCC(CSCc1ccccc1)C(=O)OCc1ccccc1)OCc1ccccc1.O=C(O)CCC(CS(=O)Cc1ccccc1)C(=O)O.O=C(O)CCC(CSCc1ccccc1)C(=O)O.SCc1ccccc1. The molecule has 0 radical (unpaired) electrons. The van der Waals surface area contributed by atoms with Gasteiger partial charge in [-0.2, -0.15) is 36.2 Å². The van der Waals surface area contributed by atoms with Crippen LogP contribution in [0.2, 0.25) is 0 Å². The van der Waals surface area contributed by atoms with Gasteiger partial charge in [-0.05, 0) is 82.2 Å². The van der Waals surface area contributed by atoms with Gasteiger partial charge in [0, 0.05) is 104 Å². The summed E-state index contributed by atoms with van der Waals surface area (Å²) >= 11 is 7.30. The fourth-order valence-electron chi connectivity index (χ4n) is 10.6. The summed E-state index contributed by atoms with van der Waals surface area (Å²) < 4.78 is 53.1. The highest BCUT2D eigenvalue weighted by Crippen LogP contribution is 2.24. The smallest absolute Gasteiger partial charge is 0.333 e. The topological polar surface area (TPSA) is 387 Å². The number of ether oxygens (including phenoxy) is 4. The van der Waals surface area contributed by atoms with Crippen LogP contribution in [0.4, 0.5) is 0 Å². The number of thioether (sulfide) groups is 2. The normalized spacial score (nSPS) is 12.1. The van der Waals surface area contributed by atoms with Crippen molar-refractivity contribution in [3.63, 3.8) is 0 Å². The number of esters is 4. The van der Waals surface area contributed by atoms with Crippen molar-refractivity contribution in [2.45, 2.75) is 119 Å². The highest BCUT2D eigenvalue weighted by Gasteiger charge is 2.26. The first-order chi connectivity index (χ1) is 58.2. The zero-order valence-electron chi connectivity index (χ0n) is 67.1. The van der Waals surface area contributed by atoms with Gasteiger partial charge < -0.3 is 49.6 Å². The Balaban J connectivity index is 0.000000315. The van der Waals surface area contributed by atoms with E-state index < -0.39 is 80.1 Å². The molecule has 0 amide bonds. The molecule has 7 N–H and O–H groups in total. The molecule has 121 heavy (non-hydrogen) atoms. The predicted octanol–water partition coefficient (Wildman–Crippen LogP) is 17.5. The van der Waals surface area contributed by atoms with Crippen molar-refractivity contribution < 1.29 is 106 Å². The second-order valence-corrected chi connectivity index (χ2v) is 33.3. The third-order valence-corrected chi connectivity index (χ3v) is 23.1. The molecule has 9 aromatic rings. The number of carboxylic acids is 6. The molecule has 23 nitrogen and oxygen atoms in total. The van der Waals surface area contributed by atoms with E-state index in [0.717, 1.165) is 50.6 Å². The molecule has 28 heteroatoms. The monoisotopic (exact) mass is 1750 g/mol. The number of carbonyl (C=O) groups is 10. The highest BCUT2D eigenvalue weighted by atomic mass is 32.2. The van der Waals surface area contributed by atoms with Gasteiger partial charge in [0.15, 0.2) is 0 Å². The van der Waals surface area contributed by atoms with Crippen molar-refractivity contribution in [1.82, 2.24) is 0 Å². The van der Waals surface area contributed by atoms with E-state index in [1.165, 1.54) is 22.9 Å². The first-order valence-electron chi connectivity index (χ1n) is 38.5. The van der Waals surface area contributed by atoms with Crippen molar-refractivity contribution in [2.75, 3.05) is 23.0 Å². The van der Waals surface area contributed by atoms with E-state index in [9.17, 15) is 56.4 Å². The summed E-state index contributed by atoms with van der Waals surface area (Å²) in [5, 5.41) is 52.6. The third kappa shape index (κ3) is 49.7. The van der Waals surface area contributed by atoms with Crippen molar-refractivity contribution in [3.05, 3.63) is 335 Å². The second-order valence-electron chi connectivity index (χ2n) is 27.2. The van der Waals surface area contributed by atoms with Crippen LogP contribution in [0.15, 0.2) is 285 Å². The van der Waals surface area contributed by atoms with Crippen LogP contribution in [0, 0.1) is 28.5 Å². The molecule has 9 rings (SSSR count). The van der Waals surface area contributed by atoms with Crippen molar-refractivity contribution in [2.24, 2.45) is 23.7 Å². The Hall–Kier alpha value is -11.4.